The molecular formula is C23H30ClN3O7S. The average Bonchev–Trinajstić information content (AvgIpc) is 2.83. The van der Waals surface area contributed by atoms with E-state index in [9.17, 15) is 18.0 Å². The largest absolute Gasteiger partial charge is 0.495 e. The molecule has 0 spiro atoms. The van der Waals surface area contributed by atoms with Crippen molar-refractivity contribution in [3.63, 3.8) is 0 Å². The van der Waals surface area contributed by atoms with E-state index in [1.165, 1.54) is 39.5 Å². The average molecular weight is 528 g/mol. The molecule has 0 bridgehead atoms. The van der Waals surface area contributed by atoms with E-state index in [1.807, 2.05) is 6.92 Å². The van der Waals surface area contributed by atoms with Crippen LogP contribution in [0.3, 0.4) is 0 Å². The number of carbonyl (C=O) groups is 2. The molecule has 192 valence electrons. The molecule has 0 aliphatic heterocycles. The van der Waals surface area contributed by atoms with Crippen molar-refractivity contribution in [2.75, 3.05) is 33.2 Å². The summed E-state index contributed by atoms with van der Waals surface area (Å²) < 4.78 is 42.8. The summed E-state index contributed by atoms with van der Waals surface area (Å²) in [6.45, 7) is 2.13. The highest BCUT2D eigenvalue weighted by atomic mass is 35.5. The lowest BCUT2D eigenvalue weighted by atomic mass is 10.1. The zero-order chi connectivity index (χ0) is 26.0. The fourth-order valence-corrected chi connectivity index (χ4v) is 4.60. The van der Waals surface area contributed by atoms with Gasteiger partial charge in [0.15, 0.2) is 0 Å². The van der Waals surface area contributed by atoms with Gasteiger partial charge in [0.25, 0.3) is 0 Å². The molecule has 35 heavy (non-hydrogen) atoms. The third-order valence-corrected chi connectivity index (χ3v) is 6.82. The maximum atomic E-state index is 12.6. The second kappa shape index (κ2) is 13.2. The Kier molecular flexibility index (Phi) is 10.6. The fraction of sp³-hybridized carbons (Fsp3) is 0.391. The standard InChI is InChI=1S/C23H30ClN3O7S/c1-15-8-10-16(11-9-15)35(30,31)27-18(22(28)34-4)7-5-6-12-25-23(29)26-19-13-17(24)20(32-2)14-21(19)33-3/h8-11,13-14,18,27H,5-7,12H2,1-4H3,(H2,25,26,29). The van der Waals surface area contributed by atoms with Gasteiger partial charge in [-0.1, -0.05) is 29.3 Å². The number of ether oxygens (including phenoxy) is 3. The van der Waals surface area contributed by atoms with Crippen molar-refractivity contribution in [3.8, 4) is 11.5 Å². The van der Waals surface area contributed by atoms with Crippen molar-refractivity contribution in [2.45, 2.75) is 37.1 Å². The third kappa shape index (κ3) is 8.30. The Morgan fingerprint density at radius 2 is 1.66 bits per heavy atom. The number of hydrogen-bond acceptors (Lipinski definition) is 7. The molecule has 0 heterocycles. The first kappa shape index (κ1) is 28.2. The Balaban J connectivity index is 1.87. The Labute approximate surface area is 210 Å². The van der Waals surface area contributed by atoms with E-state index in [2.05, 4.69) is 15.4 Å². The van der Waals surface area contributed by atoms with Gasteiger partial charge >= 0.3 is 12.0 Å². The molecule has 0 aromatic heterocycles. The molecule has 0 saturated carbocycles. The number of urea groups is 1. The molecule has 0 saturated heterocycles. The first-order chi connectivity index (χ1) is 16.6. The molecule has 12 heteroatoms. The Hall–Kier alpha value is -3.02. The number of anilines is 1. The van der Waals surface area contributed by atoms with Gasteiger partial charge in [-0.05, 0) is 44.4 Å². The van der Waals surface area contributed by atoms with Crippen molar-refractivity contribution < 1.29 is 32.2 Å². The van der Waals surface area contributed by atoms with Crippen molar-refractivity contribution >= 4 is 39.3 Å². The maximum absolute atomic E-state index is 12.6. The smallest absolute Gasteiger partial charge is 0.323 e. The predicted octanol–water partition coefficient (Wildman–Crippen LogP) is 3.48. The van der Waals surface area contributed by atoms with Crippen LogP contribution in [0.4, 0.5) is 10.5 Å². The number of nitrogens with one attached hydrogen (secondary N) is 3. The maximum Gasteiger partial charge on any atom is 0.323 e. The summed E-state index contributed by atoms with van der Waals surface area (Å²) >= 11 is 6.11. The van der Waals surface area contributed by atoms with Gasteiger partial charge in [-0.15, -0.1) is 0 Å². The Morgan fingerprint density at radius 1 is 1.00 bits per heavy atom. The SMILES string of the molecule is COC(=O)C(CCCCNC(=O)Nc1cc(Cl)c(OC)cc1OC)NS(=O)(=O)c1ccc(C)cc1. The molecule has 0 aliphatic carbocycles. The summed E-state index contributed by atoms with van der Waals surface area (Å²) in [5.41, 5.74) is 1.28. The van der Waals surface area contributed by atoms with Gasteiger partial charge in [-0.2, -0.15) is 4.72 Å². The number of esters is 1. The Morgan fingerprint density at radius 3 is 2.26 bits per heavy atom. The van der Waals surface area contributed by atoms with Crippen LogP contribution in [0, 0.1) is 6.92 Å². The highest BCUT2D eigenvalue weighted by Crippen LogP contribution is 2.35. The van der Waals surface area contributed by atoms with E-state index in [1.54, 1.807) is 18.2 Å². The number of benzene rings is 2. The number of amides is 2. The predicted molar refractivity (Wildman–Crippen MR) is 133 cm³/mol. The molecule has 10 nitrogen and oxygen atoms in total. The summed E-state index contributed by atoms with van der Waals surface area (Å²) in [5.74, 6) is 0.102. The Bertz CT molecular complexity index is 1120. The summed E-state index contributed by atoms with van der Waals surface area (Å²) in [4.78, 5) is 24.4. The zero-order valence-corrected chi connectivity index (χ0v) is 21.6. The first-order valence-electron chi connectivity index (χ1n) is 10.7. The number of carbonyl (C=O) groups excluding carboxylic acids is 2. The monoisotopic (exact) mass is 527 g/mol. The molecule has 1 atom stereocenters. The summed E-state index contributed by atoms with van der Waals surface area (Å²) in [5, 5.41) is 5.66. The van der Waals surface area contributed by atoms with E-state index in [0.717, 1.165) is 5.56 Å². The number of halogens is 1. The van der Waals surface area contributed by atoms with E-state index in [-0.39, 0.29) is 17.9 Å². The van der Waals surface area contributed by atoms with Gasteiger partial charge in [0.1, 0.15) is 17.5 Å². The molecule has 2 rings (SSSR count). The number of methoxy groups -OCH3 is 3. The molecule has 1 unspecified atom stereocenters. The van der Waals surface area contributed by atoms with Crippen molar-refractivity contribution in [1.82, 2.24) is 10.0 Å². The molecular weight excluding hydrogens is 498 g/mol. The van der Waals surface area contributed by atoms with Crippen LogP contribution in [-0.4, -0.2) is 54.3 Å². The van der Waals surface area contributed by atoms with Crippen LogP contribution in [0.2, 0.25) is 5.02 Å². The number of rotatable bonds is 12. The number of aryl methyl sites for hydroxylation is 1. The van der Waals surface area contributed by atoms with Gasteiger partial charge in [0, 0.05) is 12.6 Å². The van der Waals surface area contributed by atoms with E-state index in [4.69, 9.17) is 25.8 Å². The summed E-state index contributed by atoms with van der Waals surface area (Å²) in [7, 11) is 0.222. The van der Waals surface area contributed by atoms with E-state index < -0.39 is 28.1 Å². The van der Waals surface area contributed by atoms with E-state index in [0.29, 0.717) is 35.1 Å². The topological polar surface area (TPSA) is 132 Å². The lowest BCUT2D eigenvalue weighted by molar-refractivity contribution is -0.142. The quantitative estimate of drug-likeness (QED) is 0.284. The second-order valence-corrected chi connectivity index (χ2v) is 9.69. The lowest BCUT2D eigenvalue weighted by Gasteiger charge is -2.17. The normalized spacial score (nSPS) is 11.9. The molecule has 2 amide bonds. The van der Waals surface area contributed by atoms with Crippen LogP contribution in [0.25, 0.3) is 0 Å². The first-order valence-corrected chi connectivity index (χ1v) is 12.6. The van der Waals surface area contributed by atoms with Crippen molar-refractivity contribution in [1.29, 1.82) is 0 Å². The molecule has 0 radical (unpaired) electrons. The van der Waals surface area contributed by atoms with Gasteiger partial charge in [0.05, 0.1) is 36.9 Å². The molecule has 2 aromatic rings. The van der Waals surface area contributed by atoms with E-state index >= 15 is 0 Å². The van der Waals surface area contributed by atoms with Gasteiger partial charge < -0.3 is 24.8 Å². The van der Waals surface area contributed by atoms with Crippen LogP contribution in [0.5, 0.6) is 11.5 Å². The second-order valence-electron chi connectivity index (χ2n) is 7.57. The minimum Gasteiger partial charge on any atom is -0.495 e. The minimum atomic E-state index is -3.90. The zero-order valence-electron chi connectivity index (χ0n) is 20.0. The highest BCUT2D eigenvalue weighted by Gasteiger charge is 2.26. The minimum absolute atomic E-state index is 0.0596. The summed E-state index contributed by atoms with van der Waals surface area (Å²) in [6, 6.07) is 7.84. The van der Waals surface area contributed by atoms with Gasteiger partial charge in [-0.3, -0.25) is 4.79 Å². The molecule has 0 aliphatic rings. The van der Waals surface area contributed by atoms with Crippen molar-refractivity contribution in [2.24, 2.45) is 0 Å². The van der Waals surface area contributed by atoms with Gasteiger partial charge in [-0.25, -0.2) is 13.2 Å². The fourth-order valence-electron chi connectivity index (χ4n) is 3.14. The number of sulfonamides is 1. The van der Waals surface area contributed by atoms with Crippen LogP contribution in [-0.2, 0) is 19.6 Å². The molecule has 3 N–H and O–H groups in total. The third-order valence-electron chi connectivity index (χ3n) is 5.04. The van der Waals surface area contributed by atoms with Crippen molar-refractivity contribution in [3.05, 3.63) is 47.0 Å². The van der Waals surface area contributed by atoms with Crippen LogP contribution >= 0.6 is 11.6 Å². The van der Waals surface area contributed by atoms with Gasteiger partial charge in [0.2, 0.25) is 10.0 Å². The van der Waals surface area contributed by atoms with Crippen LogP contribution in [0.1, 0.15) is 24.8 Å². The van der Waals surface area contributed by atoms with Crippen LogP contribution < -0.4 is 24.8 Å². The number of hydrogen-bond donors (Lipinski definition) is 3. The lowest BCUT2D eigenvalue weighted by Crippen LogP contribution is -2.41. The highest BCUT2D eigenvalue weighted by molar-refractivity contribution is 7.89. The van der Waals surface area contributed by atoms with Crippen LogP contribution in [0.15, 0.2) is 41.3 Å². The number of unbranched alkanes of at least 4 members (excludes halogenated alkanes) is 1. The summed E-state index contributed by atoms with van der Waals surface area (Å²) in [6.07, 6.45) is 1.14. The molecule has 0 fully saturated rings. The molecule has 2 aromatic carbocycles.